The quantitative estimate of drug-likeness (QED) is 0.665. The van der Waals surface area contributed by atoms with Gasteiger partial charge in [-0.25, -0.2) is 4.98 Å². The van der Waals surface area contributed by atoms with Crippen LogP contribution in [0.15, 0.2) is 12.3 Å². The van der Waals surface area contributed by atoms with Gasteiger partial charge in [-0.1, -0.05) is 12.2 Å². The molecule has 13 heavy (non-hydrogen) atoms. The van der Waals surface area contributed by atoms with Crippen molar-refractivity contribution in [1.82, 2.24) is 20.4 Å². The minimum atomic E-state index is 0.449. The zero-order chi connectivity index (χ0) is 9.26. The Balaban J connectivity index is 2.42. The summed E-state index contributed by atoms with van der Waals surface area (Å²) >= 11 is 4.79. The predicted molar refractivity (Wildman–Crippen MR) is 52.2 cm³/mol. The summed E-state index contributed by atoms with van der Waals surface area (Å²) in [6, 6.07) is 1.87. The van der Waals surface area contributed by atoms with Gasteiger partial charge in [0.1, 0.15) is 5.52 Å². The third-order valence-corrected chi connectivity index (χ3v) is 1.75. The van der Waals surface area contributed by atoms with Crippen molar-refractivity contribution in [3.8, 4) is 0 Å². The lowest BCUT2D eigenvalue weighted by Crippen LogP contribution is -2.11. The maximum Gasteiger partial charge on any atom is 0.201 e. The van der Waals surface area contributed by atoms with E-state index in [9.17, 15) is 0 Å². The second kappa shape index (κ2) is 3.06. The molecule has 0 amide bonds. The highest BCUT2D eigenvalue weighted by Crippen LogP contribution is 2.07. The van der Waals surface area contributed by atoms with Gasteiger partial charge < -0.3 is 5.73 Å². The van der Waals surface area contributed by atoms with Crippen LogP contribution in [0.5, 0.6) is 0 Å². The number of pyridine rings is 1. The Morgan fingerprint density at radius 3 is 3.15 bits per heavy atom. The molecule has 0 saturated heterocycles. The van der Waals surface area contributed by atoms with E-state index in [1.165, 1.54) is 0 Å². The van der Waals surface area contributed by atoms with E-state index < -0.39 is 0 Å². The van der Waals surface area contributed by atoms with Crippen molar-refractivity contribution >= 4 is 28.4 Å². The van der Waals surface area contributed by atoms with Crippen molar-refractivity contribution in [3.05, 3.63) is 17.8 Å². The monoisotopic (exact) mass is 193 g/mol. The molecule has 2 heterocycles. The standard InChI is InChI=1S/C7H7N5S/c8-6(13)2-4-1-5-7(9-3-4)11-12-10-5/h1,3H,2H2,(H2,8,13)(H,9,10,11,12). The van der Waals surface area contributed by atoms with Crippen LogP contribution in [0.2, 0.25) is 0 Å². The smallest absolute Gasteiger partial charge is 0.201 e. The van der Waals surface area contributed by atoms with Crippen molar-refractivity contribution < 1.29 is 0 Å². The first kappa shape index (κ1) is 8.06. The number of thiocarbonyl (C=S) groups is 1. The fraction of sp³-hybridized carbons (Fsp3) is 0.143. The SMILES string of the molecule is NC(=S)Cc1cnc2n[nH]nc2c1. The average Bonchev–Trinajstić information content (AvgIpc) is 2.49. The third kappa shape index (κ3) is 1.62. The van der Waals surface area contributed by atoms with E-state index in [1.54, 1.807) is 6.20 Å². The van der Waals surface area contributed by atoms with E-state index in [-0.39, 0.29) is 0 Å². The highest BCUT2D eigenvalue weighted by molar-refractivity contribution is 7.80. The van der Waals surface area contributed by atoms with E-state index >= 15 is 0 Å². The minimum Gasteiger partial charge on any atom is -0.393 e. The number of nitrogens with zero attached hydrogens (tertiary/aromatic N) is 3. The summed E-state index contributed by atoms with van der Waals surface area (Å²) in [5.74, 6) is 0. The zero-order valence-corrected chi connectivity index (χ0v) is 7.51. The fourth-order valence-electron chi connectivity index (χ4n) is 1.08. The minimum absolute atomic E-state index is 0.449. The molecule has 2 aromatic rings. The molecule has 0 aliphatic heterocycles. The topological polar surface area (TPSA) is 80.5 Å². The molecule has 2 aromatic heterocycles. The molecule has 66 valence electrons. The normalized spacial score (nSPS) is 10.5. The van der Waals surface area contributed by atoms with Gasteiger partial charge in [-0.3, -0.25) is 0 Å². The molecule has 5 nitrogen and oxygen atoms in total. The van der Waals surface area contributed by atoms with Crippen LogP contribution in [0.25, 0.3) is 11.2 Å². The molecule has 2 rings (SSSR count). The van der Waals surface area contributed by atoms with Gasteiger partial charge in [-0.15, -0.1) is 5.10 Å². The molecule has 6 heteroatoms. The summed E-state index contributed by atoms with van der Waals surface area (Å²) in [7, 11) is 0. The van der Waals surface area contributed by atoms with Crippen LogP contribution < -0.4 is 5.73 Å². The number of fused-ring (bicyclic) bond motifs is 1. The van der Waals surface area contributed by atoms with Gasteiger partial charge in [0.05, 0.1) is 4.99 Å². The summed E-state index contributed by atoms with van der Waals surface area (Å²) in [5.41, 5.74) is 7.69. The first-order valence-electron chi connectivity index (χ1n) is 3.69. The Hall–Kier alpha value is -1.56. The number of aromatic nitrogens is 4. The third-order valence-electron chi connectivity index (χ3n) is 1.61. The Morgan fingerprint density at radius 2 is 2.38 bits per heavy atom. The molecule has 0 fully saturated rings. The molecule has 0 atom stereocenters. The Kier molecular flexibility index (Phi) is 1.90. The van der Waals surface area contributed by atoms with Gasteiger partial charge >= 0.3 is 0 Å². The second-order valence-corrected chi connectivity index (χ2v) is 3.18. The first-order chi connectivity index (χ1) is 6.25. The van der Waals surface area contributed by atoms with E-state index in [4.69, 9.17) is 18.0 Å². The van der Waals surface area contributed by atoms with Crippen LogP contribution in [0.4, 0.5) is 0 Å². The largest absolute Gasteiger partial charge is 0.393 e. The van der Waals surface area contributed by atoms with Crippen molar-refractivity contribution in [2.45, 2.75) is 6.42 Å². The van der Waals surface area contributed by atoms with Gasteiger partial charge in [0.15, 0.2) is 0 Å². The Bertz CT molecular complexity index is 449. The number of H-pyrrole nitrogens is 1. The molecule has 0 bridgehead atoms. The van der Waals surface area contributed by atoms with Crippen molar-refractivity contribution in [3.63, 3.8) is 0 Å². The van der Waals surface area contributed by atoms with E-state index in [2.05, 4.69) is 20.4 Å². The number of aromatic amines is 1. The van der Waals surface area contributed by atoms with Gasteiger partial charge in [-0.2, -0.15) is 10.3 Å². The lowest BCUT2D eigenvalue weighted by Gasteiger charge is -1.96. The molecule has 3 N–H and O–H groups in total. The summed E-state index contributed by atoms with van der Waals surface area (Å²) in [4.78, 5) is 4.52. The molecule has 0 spiro atoms. The van der Waals surface area contributed by atoms with Crippen LogP contribution in [0.1, 0.15) is 5.56 Å². The Labute approximate surface area is 79.3 Å². The van der Waals surface area contributed by atoms with Gasteiger partial charge in [0.2, 0.25) is 5.65 Å². The molecule has 0 aromatic carbocycles. The molecule has 0 saturated carbocycles. The molecule has 0 radical (unpaired) electrons. The van der Waals surface area contributed by atoms with Gasteiger partial charge in [-0.05, 0) is 11.6 Å². The van der Waals surface area contributed by atoms with Crippen molar-refractivity contribution in [2.75, 3.05) is 0 Å². The van der Waals surface area contributed by atoms with E-state index in [0.717, 1.165) is 11.1 Å². The fourth-order valence-corrected chi connectivity index (χ4v) is 1.25. The van der Waals surface area contributed by atoms with Crippen molar-refractivity contribution in [2.24, 2.45) is 5.73 Å². The summed E-state index contributed by atoms with van der Waals surface area (Å²) in [5, 5.41) is 10.2. The number of nitrogens with two attached hydrogens (primary N) is 1. The van der Waals surface area contributed by atoms with Gasteiger partial charge in [0, 0.05) is 12.6 Å². The molecule has 0 aliphatic rings. The number of rotatable bonds is 2. The number of hydrogen-bond donors (Lipinski definition) is 2. The van der Waals surface area contributed by atoms with Crippen LogP contribution >= 0.6 is 12.2 Å². The zero-order valence-electron chi connectivity index (χ0n) is 6.69. The molecule has 0 aliphatic carbocycles. The average molecular weight is 193 g/mol. The first-order valence-corrected chi connectivity index (χ1v) is 4.10. The van der Waals surface area contributed by atoms with Crippen LogP contribution in [-0.2, 0) is 6.42 Å². The second-order valence-electron chi connectivity index (χ2n) is 2.65. The highest BCUT2D eigenvalue weighted by atomic mass is 32.1. The number of hydrogen-bond acceptors (Lipinski definition) is 4. The van der Waals surface area contributed by atoms with Crippen LogP contribution in [0.3, 0.4) is 0 Å². The summed E-state index contributed by atoms with van der Waals surface area (Å²) < 4.78 is 0. The maximum absolute atomic E-state index is 5.40. The van der Waals surface area contributed by atoms with Gasteiger partial charge in [0.25, 0.3) is 0 Å². The van der Waals surface area contributed by atoms with Crippen LogP contribution in [-0.4, -0.2) is 25.4 Å². The van der Waals surface area contributed by atoms with E-state index in [1.807, 2.05) is 6.07 Å². The molecular formula is C7H7N5S. The number of nitrogens with one attached hydrogen (secondary N) is 1. The summed E-state index contributed by atoms with van der Waals surface area (Å²) in [6.45, 7) is 0. The Morgan fingerprint density at radius 1 is 1.54 bits per heavy atom. The molecule has 0 unspecified atom stereocenters. The van der Waals surface area contributed by atoms with Crippen molar-refractivity contribution in [1.29, 1.82) is 0 Å². The molecular weight excluding hydrogens is 186 g/mol. The predicted octanol–water partition coefficient (Wildman–Crippen LogP) is 0.181. The maximum atomic E-state index is 5.40. The highest BCUT2D eigenvalue weighted by Gasteiger charge is 2.01. The van der Waals surface area contributed by atoms with E-state index in [0.29, 0.717) is 17.1 Å². The lowest BCUT2D eigenvalue weighted by molar-refractivity contribution is 0.954. The van der Waals surface area contributed by atoms with Crippen LogP contribution in [0, 0.1) is 0 Å². The summed E-state index contributed by atoms with van der Waals surface area (Å²) in [6.07, 6.45) is 2.25. The lowest BCUT2D eigenvalue weighted by atomic mass is 10.2.